The molecule has 2 aromatic heterocycles. The van der Waals surface area contributed by atoms with Crippen molar-refractivity contribution >= 4 is 11.8 Å². The molecule has 1 aromatic carbocycles. The van der Waals surface area contributed by atoms with Crippen molar-refractivity contribution in [1.29, 1.82) is 0 Å². The molecule has 3 aromatic rings. The van der Waals surface area contributed by atoms with Gasteiger partial charge >= 0.3 is 0 Å². The van der Waals surface area contributed by atoms with E-state index in [9.17, 15) is 0 Å². The van der Waals surface area contributed by atoms with E-state index in [0.717, 1.165) is 30.3 Å². The summed E-state index contributed by atoms with van der Waals surface area (Å²) in [4.78, 5) is 13.1. The van der Waals surface area contributed by atoms with Gasteiger partial charge in [-0.1, -0.05) is 18.2 Å². The molecular formula is C21H27N7O. The lowest BCUT2D eigenvalue weighted by Gasteiger charge is -2.19. The highest BCUT2D eigenvalue weighted by Crippen LogP contribution is 2.21. The van der Waals surface area contributed by atoms with Crippen molar-refractivity contribution in [2.45, 2.75) is 18.7 Å². The fourth-order valence-corrected chi connectivity index (χ4v) is 3.54. The van der Waals surface area contributed by atoms with Crippen LogP contribution in [0.1, 0.15) is 5.69 Å². The van der Waals surface area contributed by atoms with Crippen molar-refractivity contribution in [3.63, 3.8) is 0 Å². The van der Waals surface area contributed by atoms with Crippen molar-refractivity contribution in [3.05, 3.63) is 60.6 Å². The van der Waals surface area contributed by atoms with Crippen LogP contribution in [0.3, 0.4) is 0 Å². The standard InChI is InChI=1S/C21H27N7O/c1-26(2)21-22-11-9-20(24-21)27-14-18(19(15-27)29-3)23-13-16-10-12-28(25-16)17-7-5-4-6-8-17/h4-12,18-19,23H,13-15H2,1-3H3/t18-,19+/m0/s1. The average Bonchev–Trinajstić information content (AvgIpc) is 3.40. The van der Waals surface area contributed by atoms with Crippen molar-refractivity contribution in [1.82, 2.24) is 25.1 Å². The molecule has 2 atom stereocenters. The molecule has 1 aliphatic rings. The van der Waals surface area contributed by atoms with Gasteiger partial charge in [0.1, 0.15) is 5.82 Å². The minimum atomic E-state index is 0.0870. The number of nitrogens with zero attached hydrogens (tertiary/aromatic N) is 6. The zero-order valence-corrected chi connectivity index (χ0v) is 17.1. The molecule has 0 saturated carbocycles. The second-order valence-electron chi connectivity index (χ2n) is 7.36. The first-order valence-electron chi connectivity index (χ1n) is 9.75. The fraction of sp³-hybridized carbons (Fsp3) is 0.381. The molecule has 29 heavy (non-hydrogen) atoms. The molecule has 3 heterocycles. The van der Waals surface area contributed by atoms with Crippen LogP contribution in [0.5, 0.6) is 0 Å². The number of methoxy groups -OCH3 is 1. The molecular weight excluding hydrogens is 366 g/mol. The Morgan fingerprint density at radius 3 is 2.72 bits per heavy atom. The third kappa shape index (κ3) is 4.38. The van der Waals surface area contributed by atoms with Crippen molar-refractivity contribution in [2.75, 3.05) is 44.1 Å². The molecule has 0 radical (unpaired) electrons. The predicted octanol–water partition coefficient (Wildman–Crippen LogP) is 1.72. The summed E-state index contributed by atoms with van der Waals surface area (Å²) in [5.41, 5.74) is 2.06. The molecule has 4 rings (SSSR count). The van der Waals surface area contributed by atoms with Crippen LogP contribution in [0, 0.1) is 0 Å². The van der Waals surface area contributed by atoms with Crippen LogP contribution in [0.15, 0.2) is 54.9 Å². The summed E-state index contributed by atoms with van der Waals surface area (Å²) in [5.74, 6) is 1.63. The maximum Gasteiger partial charge on any atom is 0.226 e. The van der Waals surface area contributed by atoms with E-state index in [0.29, 0.717) is 12.5 Å². The molecule has 1 fully saturated rings. The van der Waals surface area contributed by atoms with E-state index in [1.165, 1.54) is 0 Å². The van der Waals surface area contributed by atoms with Gasteiger partial charge in [0.15, 0.2) is 0 Å². The fourth-order valence-electron chi connectivity index (χ4n) is 3.54. The number of aromatic nitrogens is 4. The largest absolute Gasteiger partial charge is 0.378 e. The molecule has 1 N–H and O–H groups in total. The van der Waals surface area contributed by atoms with Crippen molar-refractivity contribution in [3.8, 4) is 5.69 Å². The van der Waals surface area contributed by atoms with Gasteiger partial charge < -0.3 is 19.9 Å². The molecule has 0 unspecified atom stereocenters. The number of ether oxygens (including phenoxy) is 1. The zero-order valence-electron chi connectivity index (χ0n) is 17.1. The van der Waals surface area contributed by atoms with E-state index in [1.807, 2.05) is 72.3 Å². The maximum absolute atomic E-state index is 5.73. The quantitative estimate of drug-likeness (QED) is 0.655. The van der Waals surface area contributed by atoms with Crippen LogP contribution in [-0.2, 0) is 11.3 Å². The molecule has 0 aliphatic carbocycles. The lowest BCUT2D eigenvalue weighted by Crippen LogP contribution is -2.39. The van der Waals surface area contributed by atoms with Gasteiger partial charge in [0.05, 0.1) is 23.5 Å². The molecule has 1 saturated heterocycles. The second-order valence-corrected chi connectivity index (χ2v) is 7.36. The summed E-state index contributed by atoms with van der Waals surface area (Å²) in [6.45, 7) is 2.29. The van der Waals surface area contributed by atoms with Gasteiger partial charge in [-0.2, -0.15) is 10.1 Å². The van der Waals surface area contributed by atoms with Gasteiger partial charge in [-0.15, -0.1) is 0 Å². The van der Waals surface area contributed by atoms with Gasteiger partial charge in [0, 0.05) is 53.2 Å². The number of hydrogen-bond acceptors (Lipinski definition) is 7. The molecule has 152 valence electrons. The van der Waals surface area contributed by atoms with E-state index in [1.54, 1.807) is 13.3 Å². The number of benzene rings is 1. The molecule has 8 heteroatoms. The lowest BCUT2D eigenvalue weighted by molar-refractivity contribution is 0.0965. The first-order chi connectivity index (χ1) is 14.1. The van der Waals surface area contributed by atoms with Crippen LogP contribution in [-0.4, -0.2) is 66.2 Å². The Balaban J connectivity index is 1.40. The number of nitrogens with one attached hydrogen (secondary N) is 1. The predicted molar refractivity (Wildman–Crippen MR) is 114 cm³/mol. The maximum atomic E-state index is 5.73. The Bertz CT molecular complexity index is 928. The third-order valence-corrected chi connectivity index (χ3v) is 5.13. The minimum Gasteiger partial charge on any atom is -0.378 e. The van der Waals surface area contributed by atoms with E-state index < -0.39 is 0 Å². The lowest BCUT2D eigenvalue weighted by atomic mass is 10.2. The van der Waals surface area contributed by atoms with Crippen LogP contribution in [0.4, 0.5) is 11.8 Å². The summed E-state index contributed by atoms with van der Waals surface area (Å²) >= 11 is 0. The topological polar surface area (TPSA) is 71.3 Å². The third-order valence-electron chi connectivity index (χ3n) is 5.13. The summed E-state index contributed by atoms with van der Waals surface area (Å²) in [6.07, 6.45) is 3.88. The summed E-state index contributed by atoms with van der Waals surface area (Å²) in [7, 11) is 5.65. The summed E-state index contributed by atoms with van der Waals surface area (Å²) in [5, 5.41) is 8.28. The summed E-state index contributed by atoms with van der Waals surface area (Å²) < 4.78 is 7.63. The van der Waals surface area contributed by atoms with Crippen molar-refractivity contribution in [2.24, 2.45) is 0 Å². The average molecular weight is 393 g/mol. The molecule has 1 aliphatic heterocycles. The van der Waals surface area contributed by atoms with Crippen LogP contribution < -0.4 is 15.1 Å². The van der Waals surface area contributed by atoms with Crippen molar-refractivity contribution < 1.29 is 4.74 Å². The Kier molecular flexibility index (Phi) is 5.73. The van der Waals surface area contributed by atoms with Gasteiger partial charge in [0.2, 0.25) is 5.95 Å². The van der Waals surface area contributed by atoms with Gasteiger partial charge in [-0.3, -0.25) is 0 Å². The summed E-state index contributed by atoms with van der Waals surface area (Å²) in [6, 6.07) is 14.3. The highest BCUT2D eigenvalue weighted by atomic mass is 16.5. The second kappa shape index (κ2) is 8.59. The van der Waals surface area contributed by atoms with Crippen LogP contribution in [0.25, 0.3) is 5.69 Å². The Labute approximate surface area is 171 Å². The zero-order chi connectivity index (χ0) is 20.2. The van der Waals surface area contributed by atoms with Gasteiger partial charge in [-0.25, -0.2) is 9.67 Å². The van der Waals surface area contributed by atoms with Crippen LogP contribution in [0.2, 0.25) is 0 Å². The molecule has 8 nitrogen and oxygen atoms in total. The highest BCUT2D eigenvalue weighted by Gasteiger charge is 2.33. The van der Waals surface area contributed by atoms with E-state index >= 15 is 0 Å². The first kappa shape index (κ1) is 19.4. The Hall–Kier alpha value is -2.97. The molecule has 0 bridgehead atoms. The SMILES string of the molecule is CO[C@@H]1CN(c2ccnc(N(C)C)n2)C[C@@H]1NCc1ccn(-c2ccccc2)n1. The van der Waals surface area contributed by atoms with Gasteiger partial charge in [0.25, 0.3) is 0 Å². The molecule has 0 spiro atoms. The number of para-hydroxylation sites is 1. The number of anilines is 2. The first-order valence-corrected chi connectivity index (χ1v) is 9.75. The molecule has 0 amide bonds. The van der Waals surface area contributed by atoms with E-state index in [4.69, 9.17) is 4.74 Å². The monoisotopic (exact) mass is 393 g/mol. The Morgan fingerprint density at radius 2 is 1.97 bits per heavy atom. The smallest absolute Gasteiger partial charge is 0.226 e. The number of rotatable bonds is 7. The van der Waals surface area contributed by atoms with Gasteiger partial charge in [-0.05, 0) is 24.3 Å². The minimum absolute atomic E-state index is 0.0870. The highest BCUT2D eigenvalue weighted by molar-refractivity contribution is 5.45. The normalized spacial score (nSPS) is 18.9. The van der Waals surface area contributed by atoms with E-state index in [-0.39, 0.29) is 12.1 Å². The number of hydrogen-bond donors (Lipinski definition) is 1. The van der Waals surface area contributed by atoms with E-state index in [2.05, 4.69) is 25.3 Å². The van der Waals surface area contributed by atoms with Crippen LogP contribution >= 0.6 is 0 Å². The Morgan fingerprint density at radius 1 is 1.14 bits per heavy atom.